The number of Topliss-reactive ketones (excluding diaryl/α,β-unsaturated/α-hetero) is 1. The fourth-order valence-electron chi connectivity index (χ4n) is 2.60. The molecule has 0 spiro atoms. The number of likely N-dealkylation sites (N-methyl/N-ethyl adjacent to an activating group) is 2. The predicted octanol–water partition coefficient (Wildman–Crippen LogP) is 0.112. The molecule has 1 atom stereocenters. The molecule has 24 heavy (non-hydrogen) atoms. The molecule has 0 bridgehead atoms. The van der Waals surface area contributed by atoms with Crippen molar-refractivity contribution >= 4 is 44.2 Å². The molecule has 1 aromatic rings. The molecule has 2 heterocycles. The number of carbonyl (C=O) groups excluding carboxylic acids is 3. The highest BCUT2D eigenvalue weighted by Gasteiger charge is 2.53. The molecule has 1 fully saturated rings. The average molecular weight is 396 g/mol. The molecule has 0 aromatic heterocycles. The molecular weight excluding hydrogens is 380 g/mol. The molecule has 2 N–H and O–H groups in total. The number of fused-ring (bicyclic) bond motifs is 1. The number of urea groups is 1. The Bertz CT molecular complexity index is 775. The topological polar surface area (TPSA) is 105 Å². The van der Waals surface area contributed by atoms with E-state index in [1.807, 2.05) is 6.07 Å². The van der Waals surface area contributed by atoms with Gasteiger partial charge in [-0.3, -0.25) is 19.4 Å². The summed E-state index contributed by atoms with van der Waals surface area (Å²) in [5, 5.41) is 0. The van der Waals surface area contributed by atoms with Crippen LogP contribution in [0, 0.1) is 0 Å². The standard InChI is InChI=1S/C15H14BrN4O3.H2O/c1-18-12-11(13(22)19(2)15(18)23)20(14(16)17-12)8-10(21)9-6-4-3-5-7-9;/h3-7,11H,8H2,1-2H3;1H2/q+1;. The smallest absolute Gasteiger partial charge is 0.365 e. The second-order valence-electron chi connectivity index (χ2n) is 5.30. The van der Waals surface area contributed by atoms with Crippen molar-refractivity contribution in [1.29, 1.82) is 0 Å². The number of ketones is 1. The van der Waals surface area contributed by atoms with Gasteiger partial charge >= 0.3 is 10.8 Å². The van der Waals surface area contributed by atoms with Crippen LogP contribution in [0.1, 0.15) is 10.4 Å². The van der Waals surface area contributed by atoms with E-state index in [4.69, 9.17) is 0 Å². The maximum absolute atomic E-state index is 12.4. The van der Waals surface area contributed by atoms with Crippen LogP contribution in [-0.2, 0) is 4.79 Å². The molecule has 3 amide bonds. The summed E-state index contributed by atoms with van der Waals surface area (Å²) < 4.78 is 1.93. The Labute approximate surface area is 146 Å². The van der Waals surface area contributed by atoms with Crippen LogP contribution in [0.5, 0.6) is 0 Å². The minimum atomic E-state index is -0.773. The lowest BCUT2D eigenvalue weighted by Crippen LogP contribution is -2.61. The van der Waals surface area contributed by atoms with Gasteiger partial charge in [-0.2, -0.15) is 0 Å². The number of hydrogen-bond donors (Lipinski definition) is 0. The summed E-state index contributed by atoms with van der Waals surface area (Å²) in [6.45, 7) is -0.0100. The van der Waals surface area contributed by atoms with Crippen molar-refractivity contribution in [1.82, 2.24) is 9.80 Å². The molecule has 1 aromatic carbocycles. The average Bonchev–Trinajstić information content (AvgIpc) is 2.88. The van der Waals surface area contributed by atoms with Crippen molar-refractivity contribution < 1.29 is 24.4 Å². The van der Waals surface area contributed by atoms with E-state index in [2.05, 4.69) is 20.9 Å². The van der Waals surface area contributed by atoms with Gasteiger partial charge in [-0.15, -0.1) is 0 Å². The van der Waals surface area contributed by atoms with Crippen LogP contribution in [0.4, 0.5) is 4.79 Å². The van der Waals surface area contributed by atoms with Gasteiger partial charge in [-0.25, -0.2) is 9.37 Å². The summed E-state index contributed by atoms with van der Waals surface area (Å²) >= 11 is 3.29. The van der Waals surface area contributed by atoms with Crippen molar-refractivity contribution in [2.24, 2.45) is 4.99 Å². The fourth-order valence-corrected chi connectivity index (χ4v) is 3.11. The number of aliphatic imine (C=N–C) groups is 1. The number of benzene rings is 1. The molecule has 2 aliphatic heterocycles. The van der Waals surface area contributed by atoms with Crippen LogP contribution < -0.4 is 0 Å². The van der Waals surface area contributed by atoms with Crippen LogP contribution in [0.15, 0.2) is 35.3 Å². The third-order valence-electron chi connectivity index (χ3n) is 3.89. The SMILES string of the molecule is CN1C(=O)C2C(=NC(Br)=[N+]2CC(=O)c2ccccc2)N(C)C1=O.O. The lowest BCUT2D eigenvalue weighted by molar-refractivity contribution is -0.519. The first-order valence-electron chi connectivity index (χ1n) is 6.93. The zero-order valence-electron chi connectivity index (χ0n) is 13.1. The lowest BCUT2D eigenvalue weighted by atomic mass is 10.1. The summed E-state index contributed by atoms with van der Waals surface area (Å²) in [5.41, 5.74) is 0.558. The molecule has 3 rings (SSSR count). The Balaban J connectivity index is 0.00000208. The fraction of sp³-hybridized carbons (Fsp3) is 0.267. The number of imide groups is 1. The van der Waals surface area contributed by atoms with Crippen molar-refractivity contribution in [3.63, 3.8) is 0 Å². The van der Waals surface area contributed by atoms with E-state index in [1.54, 1.807) is 35.9 Å². The number of amidine groups is 2. The van der Waals surface area contributed by atoms with Crippen LogP contribution in [0.2, 0.25) is 0 Å². The Morgan fingerprint density at radius 2 is 1.83 bits per heavy atom. The summed E-state index contributed by atoms with van der Waals surface area (Å²) in [4.78, 5) is 43.4. The largest absolute Gasteiger partial charge is 0.412 e. The van der Waals surface area contributed by atoms with E-state index in [1.165, 1.54) is 11.9 Å². The van der Waals surface area contributed by atoms with Gasteiger partial charge in [0.1, 0.15) is 0 Å². The first-order valence-corrected chi connectivity index (χ1v) is 7.72. The molecule has 126 valence electrons. The monoisotopic (exact) mass is 395 g/mol. The van der Waals surface area contributed by atoms with Gasteiger partial charge in [0.25, 0.3) is 17.8 Å². The molecule has 0 saturated carbocycles. The molecule has 0 radical (unpaired) electrons. The molecule has 1 unspecified atom stereocenters. The third-order valence-corrected chi connectivity index (χ3v) is 4.52. The molecule has 9 heteroatoms. The van der Waals surface area contributed by atoms with E-state index in [0.29, 0.717) is 16.1 Å². The van der Waals surface area contributed by atoms with Crippen LogP contribution >= 0.6 is 15.9 Å². The first kappa shape index (κ1) is 18.0. The third kappa shape index (κ3) is 2.76. The Morgan fingerprint density at radius 1 is 1.21 bits per heavy atom. The Kier molecular flexibility index (Phi) is 4.95. The maximum Gasteiger partial charge on any atom is 0.365 e. The highest BCUT2D eigenvalue weighted by Crippen LogP contribution is 2.20. The van der Waals surface area contributed by atoms with E-state index in [-0.39, 0.29) is 17.8 Å². The number of halogens is 1. The number of amides is 3. The molecule has 0 aliphatic carbocycles. The van der Waals surface area contributed by atoms with Crippen LogP contribution in [0.25, 0.3) is 0 Å². The van der Waals surface area contributed by atoms with Crippen molar-refractivity contribution in [3.05, 3.63) is 35.9 Å². The first-order chi connectivity index (χ1) is 10.9. The van der Waals surface area contributed by atoms with E-state index in [0.717, 1.165) is 4.90 Å². The quantitative estimate of drug-likeness (QED) is 0.412. The highest BCUT2D eigenvalue weighted by molar-refractivity contribution is 9.18. The van der Waals surface area contributed by atoms with Gasteiger partial charge in [0.15, 0.2) is 6.54 Å². The number of nitrogens with zero attached hydrogens (tertiary/aromatic N) is 4. The second kappa shape index (κ2) is 6.62. The van der Waals surface area contributed by atoms with Crippen molar-refractivity contribution in [3.8, 4) is 0 Å². The number of carbonyl (C=O) groups is 3. The molecule has 8 nitrogen and oxygen atoms in total. The summed E-state index contributed by atoms with van der Waals surface area (Å²) in [6.07, 6.45) is 0. The van der Waals surface area contributed by atoms with E-state index >= 15 is 0 Å². The van der Waals surface area contributed by atoms with E-state index in [9.17, 15) is 14.4 Å². The molecular formula is C15H16BrN4O4+. The van der Waals surface area contributed by atoms with Gasteiger partial charge in [0.2, 0.25) is 5.78 Å². The van der Waals surface area contributed by atoms with Gasteiger partial charge in [0.05, 0.1) is 15.9 Å². The van der Waals surface area contributed by atoms with Crippen LogP contribution in [0.3, 0.4) is 0 Å². The summed E-state index contributed by atoms with van der Waals surface area (Å²) in [6, 6.07) is 7.62. The summed E-state index contributed by atoms with van der Waals surface area (Å²) in [7, 11) is 2.97. The van der Waals surface area contributed by atoms with Gasteiger partial charge < -0.3 is 5.48 Å². The van der Waals surface area contributed by atoms with Gasteiger partial charge in [-0.1, -0.05) is 30.3 Å². The van der Waals surface area contributed by atoms with E-state index < -0.39 is 18.0 Å². The number of rotatable bonds is 3. The maximum atomic E-state index is 12.4. The predicted molar refractivity (Wildman–Crippen MR) is 90.6 cm³/mol. The molecule has 2 aliphatic rings. The number of hydrogen-bond acceptors (Lipinski definition) is 4. The minimum absolute atomic E-state index is 0. The highest BCUT2D eigenvalue weighted by atomic mass is 79.9. The summed E-state index contributed by atoms with van der Waals surface area (Å²) in [5.74, 6) is -0.206. The lowest BCUT2D eigenvalue weighted by Gasteiger charge is -2.30. The van der Waals surface area contributed by atoms with Crippen molar-refractivity contribution in [2.75, 3.05) is 20.6 Å². The Morgan fingerprint density at radius 3 is 2.46 bits per heavy atom. The zero-order valence-corrected chi connectivity index (χ0v) is 14.6. The normalized spacial score (nSPS) is 20.0. The second-order valence-corrected chi connectivity index (χ2v) is 6.01. The molecule has 1 saturated heterocycles. The van der Waals surface area contributed by atoms with Gasteiger partial charge in [0, 0.05) is 19.7 Å². The zero-order chi connectivity index (χ0) is 16.7. The Hall–Kier alpha value is -2.39. The van der Waals surface area contributed by atoms with Crippen LogP contribution in [-0.4, -0.2) is 74.8 Å². The van der Waals surface area contributed by atoms with Gasteiger partial charge in [-0.05, 0) is 4.99 Å². The van der Waals surface area contributed by atoms with Crippen molar-refractivity contribution in [2.45, 2.75) is 6.04 Å². The minimum Gasteiger partial charge on any atom is -0.412 e.